The topological polar surface area (TPSA) is 38.7 Å². The molecule has 1 aromatic carbocycles. The molecule has 1 fully saturated rings. The maximum absolute atomic E-state index is 9.74. The lowest BCUT2D eigenvalue weighted by Gasteiger charge is -2.13. The zero-order valence-electron chi connectivity index (χ0n) is 10.8. The number of aliphatic hydroxyl groups excluding tert-OH is 1. The molecule has 104 valence electrons. The highest BCUT2D eigenvalue weighted by atomic mass is 79.9. The lowest BCUT2D eigenvalue weighted by atomic mass is 10.2. The van der Waals surface area contributed by atoms with Crippen LogP contribution in [0.2, 0.25) is 0 Å². The van der Waals surface area contributed by atoms with E-state index in [2.05, 4.69) is 22.5 Å². The third kappa shape index (κ3) is 5.35. The Labute approximate surface area is 122 Å². The predicted molar refractivity (Wildman–Crippen MR) is 78.3 cm³/mol. The van der Waals surface area contributed by atoms with E-state index in [0.717, 1.165) is 15.8 Å². The summed E-state index contributed by atoms with van der Waals surface area (Å²) in [7, 11) is 0. The molecule has 3 nitrogen and oxygen atoms in total. The van der Waals surface area contributed by atoms with Crippen molar-refractivity contribution in [2.24, 2.45) is 5.92 Å². The van der Waals surface area contributed by atoms with Gasteiger partial charge in [-0.15, -0.1) is 0 Å². The van der Waals surface area contributed by atoms with Crippen molar-refractivity contribution in [3.05, 3.63) is 40.9 Å². The van der Waals surface area contributed by atoms with E-state index in [4.69, 9.17) is 9.47 Å². The fraction of sp³-hybridized carbons (Fsp3) is 0.467. The van der Waals surface area contributed by atoms with Gasteiger partial charge in [0.25, 0.3) is 0 Å². The highest BCUT2D eigenvalue weighted by Crippen LogP contribution is 2.35. The van der Waals surface area contributed by atoms with Gasteiger partial charge in [-0.05, 0) is 48.6 Å². The number of halogens is 1. The van der Waals surface area contributed by atoms with Crippen LogP contribution in [0.4, 0.5) is 0 Å². The van der Waals surface area contributed by atoms with Crippen LogP contribution in [0.5, 0.6) is 5.75 Å². The first-order chi connectivity index (χ1) is 9.15. The van der Waals surface area contributed by atoms with E-state index in [1.807, 2.05) is 24.3 Å². The molecule has 0 radical (unpaired) electrons. The highest BCUT2D eigenvalue weighted by Gasteiger charge is 2.24. The summed E-state index contributed by atoms with van der Waals surface area (Å²) in [6.45, 7) is 5.03. The Balaban J connectivity index is 1.59. The Kier molecular flexibility index (Phi) is 5.43. The molecular formula is C15H19BrO3. The molecule has 0 saturated heterocycles. The van der Waals surface area contributed by atoms with E-state index >= 15 is 0 Å². The monoisotopic (exact) mass is 326 g/mol. The van der Waals surface area contributed by atoms with Gasteiger partial charge in [0.05, 0.1) is 13.2 Å². The summed E-state index contributed by atoms with van der Waals surface area (Å²) in [4.78, 5) is 0. The van der Waals surface area contributed by atoms with Gasteiger partial charge < -0.3 is 14.6 Å². The molecule has 19 heavy (non-hydrogen) atoms. The number of rotatable bonds is 8. The van der Waals surface area contributed by atoms with Gasteiger partial charge in [-0.2, -0.15) is 0 Å². The van der Waals surface area contributed by atoms with Crippen molar-refractivity contribution in [1.82, 2.24) is 0 Å². The molecule has 0 bridgehead atoms. The Morgan fingerprint density at radius 1 is 1.32 bits per heavy atom. The van der Waals surface area contributed by atoms with E-state index in [9.17, 15) is 5.11 Å². The first-order valence-electron chi connectivity index (χ1n) is 6.47. The van der Waals surface area contributed by atoms with Crippen molar-refractivity contribution in [3.63, 3.8) is 0 Å². The average molecular weight is 327 g/mol. The van der Waals surface area contributed by atoms with Crippen molar-refractivity contribution in [2.45, 2.75) is 18.9 Å². The molecule has 1 aliphatic rings. The second kappa shape index (κ2) is 7.08. The summed E-state index contributed by atoms with van der Waals surface area (Å²) >= 11 is 3.36. The smallest absolute Gasteiger partial charge is 0.119 e. The maximum atomic E-state index is 9.74. The SMILES string of the molecule is C=C(COC[C@H](O)COc1ccc(Br)cc1)C1CC1. The van der Waals surface area contributed by atoms with E-state index in [1.54, 1.807) is 0 Å². The molecule has 0 unspecified atom stereocenters. The summed E-state index contributed by atoms with van der Waals surface area (Å²) < 4.78 is 11.9. The van der Waals surface area contributed by atoms with Gasteiger partial charge in [0.15, 0.2) is 0 Å². The number of hydrogen-bond donors (Lipinski definition) is 1. The van der Waals surface area contributed by atoms with E-state index in [1.165, 1.54) is 12.8 Å². The molecule has 0 aliphatic heterocycles. The molecule has 0 amide bonds. The van der Waals surface area contributed by atoms with Crippen LogP contribution in [0.1, 0.15) is 12.8 Å². The minimum atomic E-state index is -0.615. The number of hydrogen-bond acceptors (Lipinski definition) is 3. The lowest BCUT2D eigenvalue weighted by molar-refractivity contribution is 0.0187. The van der Waals surface area contributed by atoms with Crippen LogP contribution in [0.15, 0.2) is 40.9 Å². The minimum Gasteiger partial charge on any atom is -0.491 e. The first-order valence-corrected chi connectivity index (χ1v) is 7.26. The molecule has 0 spiro atoms. The summed E-state index contributed by atoms with van der Waals surface area (Å²) in [6, 6.07) is 7.51. The van der Waals surface area contributed by atoms with E-state index < -0.39 is 6.10 Å². The Morgan fingerprint density at radius 3 is 2.63 bits per heavy atom. The molecule has 1 N–H and O–H groups in total. The predicted octanol–water partition coefficient (Wildman–Crippen LogP) is 3.17. The third-order valence-electron chi connectivity index (χ3n) is 3.01. The van der Waals surface area contributed by atoms with Crippen molar-refractivity contribution < 1.29 is 14.6 Å². The Bertz CT molecular complexity index is 412. The van der Waals surface area contributed by atoms with Crippen LogP contribution in [0.3, 0.4) is 0 Å². The van der Waals surface area contributed by atoms with Crippen LogP contribution in [-0.4, -0.2) is 31.0 Å². The van der Waals surface area contributed by atoms with Gasteiger partial charge in [-0.25, -0.2) is 0 Å². The van der Waals surface area contributed by atoms with Crippen LogP contribution in [-0.2, 0) is 4.74 Å². The fourth-order valence-electron chi connectivity index (χ4n) is 1.71. The molecule has 0 aromatic heterocycles. The lowest BCUT2D eigenvalue weighted by Crippen LogP contribution is -2.24. The van der Waals surface area contributed by atoms with Crippen molar-refractivity contribution in [1.29, 1.82) is 0 Å². The molecule has 1 aliphatic carbocycles. The molecule has 1 atom stereocenters. The van der Waals surface area contributed by atoms with Crippen LogP contribution < -0.4 is 4.74 Å². The molecule has 2 rings (SSSR count). The molecule has 4 heteroatoms. The van der Waals surface area contributed by atoms with Crippen molar-refractivity contribution in [2.75, 3.05) is 19.8 Å². The summed E-state index contributed by atoms with van der Waals surface area (Å²) in [5.74, 6) is 1.39. The summed E-state index contributed by atoms with van der Waals surface area (Å²) in [5.41, 5.74) is 1.14. The van der Waals surface area contributed by atoms with Crippen LogP contribution in [0, 0.1) is 5.92 Å². The zero-order chi connectivity index (χ0) is 13.7. The Hall–Kier alpha value is -0.840. The number of ether oxygens (including phenoxy) is 2. The second-order valence-electron chi connectivity index (χ2n) is 4.87. The first kappa shape index (κ1) is 14.6. The highest BCUT2D eigenvalue weighted by molar-refractivity contribution is 9.10. The van der Waals surface area contributed by atoms with Crippen LogP contribution in [0.25, 0.3) is 0 Å². The molecule has 0 heterocycles. The largest absolute Gasteiger partial charge is 0.491 e. The number of aliphatic hydroxyl groups is 1. The van der Waals surface area contributed by atoms with E-state index in [0.29, 0.717) is 12.5 Å². The van der Waals surface area contributed by atoms with Crippen molar-refractivity contribution in [3.8, 4) is 5.75 Å². The van der Waals surface area contributed by atoms with E-state index in [-0.39, 0.29) is 13.2 Å². The third-order valence-corrected chi connectivity index (χ3v) is 3.54. The maximum Gasteiger partial charge on any atom is 0.119 e. The van der Waals surface area contributed by atoms with Gasteiger partial charge >= 0.3 is 0 Å². The second-order valence-corrected chi connectivity index (χ2v) is 5.78. The molecular weight excluding hydrogens is 308 g/mol. The fourth-order valence-corrected chi connectivity index (χ4v) is 1.97. The summed E-state index contributed by atoms with van der Waals surface area (Å²) in [5, 5.41) is 9.74. The van der Waals surface area contributed by atoms with Gasteiger partial charge in [0.1, 0.15) is 18.5 Å². The van der Waals surface area contributed by atoms with Gasteiger partial charge in [0, 0.05) is 4.47 Å². The summed E-state index contributed by atoms with van der Waals surface area (Å²) in [6.07, 6.45) is 1.85. The van der Waals surface area contributed by atoms with Crippen molar-refractivity contribution >= 4 is 15.9 Å². The van der Waals surface area contributed by atoms with Gasteiger partial charge in [0.2, 0.25) is 0 Å². The van der Waals surface area contributed by atoms with Gasteiger partial charge in [-0.1, -0.05) is 22.5 Å². The quantitative estimate of drug-likeness (QED) is 0.746. The zero-order valence-corrected chi connectivity index (χ0v) is 12.4. The normalized spacial score (nSPS) is 16.1. The average Bonchev–Trinajstić information content (AvgIpc) is 3.22. The standard InChI is InChI=1S/C15H19BrO3/c1-11(12-2-3-12)8-18-9-14(17)10-19-15-6-4-13(16)5-7-15/h4-7,12,14,17H,1-3,8-10H2/t14-/m0/s1. The van der Waals surface area contributed by atoms with Gasteiger partial charge in [-0.3, -0.25) is 0 Å². The molecule has 1 aromatic rings. The molecule has 1 saturated carbocycles. The number of benzene rings is 1. The van der Waals surface area contributed by atoms with Crippen LogP contribution >= 0.6 is 15.9 Å². The Morgan fingerprint density at radius 2 is 2.00 bits per heavy atom. The minimum absolute atomic E-state index is 0.234.